The summed E-state index contributed by atoms with van der Waals surface area (Å²) < 4.78 is 23.3. The molecule has 0 radical (unpaired) electrons. The van der Waals surface area contributed by atoms with Crippen molar-refractivity contribution in [2.75, 3.05) is 6.54 Å². The third-order valence-electron chi connectivity index (χ3n) is 1.87. The maximum atomic E-state index is 11.2. The summed E-state index contributed by atoms with van der Waals surface area (Å²) in [6.45, 7) is -0.481. The largest absolute Gasteiger partial charge is 0.480 e. The number of carboxylic acids is 1. The molecule has 1 unspecified atom stereocenters. The molecule has 1 rings (SSSR count). The Hall–Kier alpha value is -1.07. The Balaban J connectivity index is 2.79. The third kappa shape index (κ3) is 4.36. The lowest BCUT2D eigenvalue weighted by Crippen LogP contribution is -2.47. The van der Waals surface area contributed by atoms with Crippen molar-refractivity contribution in [2.24, 2.45) is 10.9 Å². The number of carboxylic acid groups (broad SMARTS) is 1. The molecule has 0 amide bonds. The first kappa shape index (κ1) is 14.0. The summed E-state index contributed by atoms with van der Waals surface area (Å²) in [4.78, 5) is 14.5. The summed E-state index contributed by atoms with van der Waals surface area (Å²) in [7, 11) is -4.01. The van der Waals surface area contributed by atoms with Gasteiger partial charge in [-0.1, -0.05) is 0 Å². The van der Waals surface area contributed by atoms with E-state index in [1.54, 1.807) is 5.38 Å². The highest BCUT2D eigenvalue weighted by Crippen LogP contribution is 2.10. The molecule has 0 saturated heterocycles. The molecule has 0 bridgehead atoms. The van der Waals surface area contributed by atoms with Gasteiger partial charge in [0, 0.05) is 18.1 Å². The standard InChI is InChI=1S/C7H12N4O4S2/c8-5(7(12)13)3-11(17(9,14)15)4-6-10-1-2-16-6/h1-2,5H,3-4,8H2,(H,12,13)(H2,9,14,15). The second-order valence-electron chi connectivity index (χ2n) is 3.21. The van der Waals surface area contributed by atoms with E-state index in [0.29, 0.717) is 5.01 Å². The number of carbonyl (C=O) groups is 1. The monoisotopic (exact) mass is 280 g/mol. The summed E-state index contributed by atoms with van der Waals surface area (Å²) in [5, 5.41) is 15.8. The number of nitrogens with zero attached hydrogens (tertiary/aromatic N) is 2. The fraction of sp³-hybridized carbons (Fsp3) is 0.429. The Morgan fingerprint density at radius 1 is 1.65 bits per heavy atom. The second kappa shape index (κ2) is 5.51. The molecule has 0 spiro atoms. The molecule has 0 aliphatic heterocycles. The number of hydrogen-bond acceptors (Lipinski definition) is 6. The van der Waals surface area contributed by atoms with E-state index in [1.165, 1.54) is 17.5 Å². The number of aliphatic carboxylic acids is 1. The molecule has 1 aromatic heterocycles. The molecule has 1 atom stereocenters. The summed E-state index contributed by atoms with van der Waals surface area (Å²) in [6, 6.07) is -1.33. The first-order chi connectivity index (χ1) is 7.80. The van der Waals surface area contributed by atoms with Crippen molar-refractivity contribution >= 4 is 27.5 Å². The van der Waals surface area contributed by atoms with E-state index >= 15 is 0 Å². The van der Waals surface area contributed by atoms with E-state index in [9.17, 15) is 13.2 Å². The molecule has 0 saturated carbocycles. The van der Waals surface area contributed by atoms with Gasteiger partial charge in [0.05, 0.1) is 6.54 Å². The van der Waals surface area contributed by atoms with Gasteiger partial charge in [-0.15, -0.1) is 11.3 Å². The van der Waals surface area contributed by atoms with Gasteiger partial charge >= 0.3 is 5.97 Å². The number of rotatable bonds is 6. The SMILES string of the molecule is NC(CN(Cc1nccs1)S(N)(=O)=O)C(=O)O. The Kier molecular flexibility index (Phi) is 4.54. The van der Waals surface area contributed by atoms with Gasteiger partial charge in [-0.25, -0.2) is 10.1 Å². The van der Waals surface area contributed by atoms with E-state index in [4.69, 9.17) is 16.0 Å². The molecule has 0 aromatic carbocycles. The molecule has 96 valence electrons. The molecule has 1 heterocycles. The van der Waals surface area contributed by atoms with E-state index in [0.717, 1.165) is 4.31 Å². The van der Waals surface area contributed by atoms with Gasteiger partial charge in [-0.2, -0.15) is 12.7 Å². The Morgan fingerprint density at radius 2 is 2.29 bits per heavy atom. The minimum atomic E-state index is -4.01. The zero-order chi connectivity index (χ0) is 13.1. The molecule has 17 heavy (non-hydrogen) atoms. The quantitative estimate of drug-likeness (QED) is 0.583. The Morgan fingerprint density at radius 3 is 2.71 bits per heavy atom. The topological polar surface area (TPSA) is 140 Å². The van der Waals surface area contributed by atoms with Crippen LogP contribution in [0.25, 0.3) is 0 Å². The van der Waals surface area contributed by atoms with Crippen LogP contribution in [0.2, 0.25) is 0 Å². The van der Waals surface area contributed by atoms with E-state index in [-0.39, 0.29) is 6.54 Å². The zero-order valence-electron chi connectivity index (χ0n) is 8.68. The van der Waals surface area contributed by atoms with Gasteiger partial charge in [0.25, 0.3) is 10.2 Å². The number of hydrogen-bond donors (Lipinski definition) is 3. The van der Waals surface area contributed by atoms with Gasteiger partial charge in [-0.3, -0.25) is 4.79 Å². The van der Waals surface area contributed by atoms with Crippen LogP contribution in [0.15, 0.2) is 11.6 Å². The van der Waals surface area contributed by atoms with Gasteiger partial charge in [-0.05, 0) is 0 Å². The van der Waals surface area contributed by atoms with Crippen molar-refractivity contribution in [1.29, 1.82) is 0 Å². The van der Waals surface area contributed by atoms with E-state index < -0.39 is 28.8 Å². The Labute approximate surface area is 102 Å². The van der Waals surface area contributed by atoms with Gasteiger partial charge in [0.1, 0.15) is 11.0 Å². The lowest BCUT2D eigenvalue weighted by atomic mass is 10.3. The normalized spacial score (nSPS) is 13.8. The first-order valence-electron chi connectivity index (χ1n) is 4.45. The molecular formula is C7H12N4O4S2. The highest BCUT2D eigenvalue weighted by Gasteiger charge is 2.24. The fourth-order valence-electron chi connectivity index (χ4n) is 1.04. The minimum Gasteiger partial charge on any atom is -0.480 e. The Bertz CT molecular complexity index is 472. The highest BCUT2D eigenvalue weighted by atomic mass is 32.2. The second-order valence-corrected chi connectivity index (χ2v) is 5.73. The average Bonchev–Trinajstić information content (AvgIpc) is 2.67. The number of aromatic nitrogens is 1. The minimum absolute atomic E-state index is 0.0858. The summed E-state index contributed by atoms with van der Waals surface area (Å²) in [5.74, 6) is -1.29. The molecule has 0 aliphatic carbocycles. The van der Waals surface area contributed by atoms with Crippen LogP contribution in [0.3, 0.4) is 0 Å². The van der Waals surface area contributed by atoms with Crippen molar-refractivity contribution in [3.63, 3.8) is 0 Å². The van der Waals surface area contributed by atoms with Crippen LogP contribution in [0, 0.1) is 0 Å². The van der Waals surface area contributed by atoms with Crippen molar-refractivity contribution in [3.8, 4) is 0 Å². The summed E-state index contributed by atoms with van der Waals surface area (Å²) in [6.07, 6.45) is 1.51. The van der Waals surface area contributed by atoms with Gasteiger partial charge < -0.3 is 10.8 Å². The predicted octanol–water partition coefficient (Wildman–Crippen LogP) is -1.44. The van der Waals surface area contributed by atoms with Gasteiger partial charge in [0.15, 0.2) is 0 Å². The third-order valence-corrected chi connectivity index (χ3v) is 3.63. The van der Waals surface area contributed by atoms with Crippen molar-refractivity contribution < 1.29 is 18.3 Å². The summed E-state index contributed by atoms with van der Waals surface area (Å²) >= 11 is 1.24. The summed E-state index contributed by atoms with van der Waals surface area (Å²) in [5.41, 5.74) is 5.26. The number of nitrogens with two attached hydrogens (primary N) is 2. The molecular weight excluding hydrogens is 268 g/mol. The zero-order valence-corrected chi connectivity index (χ0v) is 10.3. The van der Waals surface area contributed by atoms with Crippen LogP contribution in [0.4, 0.5) is 0 Å². The van der Waals surface area contributed by atoms with Crippen molar-refractivity contribution in [2.45, 2.75) is 12.6 Å². The molecule has 5 N–H and O–H groups in total. The lowest BCUT2D eigenvalue weighted by molar-refractivity contribution is -0.138. The van der Waals surface area contributed by atoms with Crippen LogP contribution >= 0.6 is 11.3 Å². The van der Waals surface area contributed by atoms with Gasteiger partial charge in [0.2, 0.25) is 0 Å². The van der Waals surface area contributed by atoms with E-state index in [1.807, 2.05) is 0 Å². The van der Waals surface area contributed by atoms with Crippen LogP contribution in [0.1, 0.15) is 5.01 Å². The smallest absolute Gasteiger partial charge is 0.321 e. The molecule has 0 aliphatic rings. The molecule has 0 fully saturated rings. The number of thiazole rings is 1. The van der Waals surface area contributed by atoms with Crippen molar-refractivity contribution in [3.05, 3.63) is 16.6 Å². The van der Waals surface area contributed by atoms with Crippen LogP contribution in [-0.4, -0.2) is 41.4 Å². The lowest BCUT2D eigenvalue weighted by Gasteiger charge is -2.19. The highest BCUT2D eigenvalue weighted by molar-refractivity contribution is 7.86. The maximum absolute atomic E-state index is 11.2. The molecule has 10 heteroatoms. The molecule has 8 nitrogen and oxygen atoms in total. The maximum Gasteiger partial charge on any atom is 0.321 e. The van der Waals surface area contributed by atoms with Crippen molar-refractivity contribution in [1.82, 2.24) is 9.29 Å². The first-order valence-corrected chi connectivity index (χ1v) is 6.83. The van der Waals surface area contributed by atoms with E-state index in [2.05, 4.69) is 4.98 Å². The fourth-order valence-corrected chi connectivity index (χ4v) is 2.42. The average molecular weight is 280 g/mol. The van der Waals surface area contributed by atoms with Crippen LogP contribution < -0.4 is 10.9 Å². The van der Waals surface area contributed by atoms with Crippen LogP contribution in [-0.2, 0) is 21.5 Å². The predicted molar refractivity (Wildman–Crippen MR) is 61.2 cm³/mol. The van der Waals surface area contributed by atoms with Crippen LogP contribution in [0.5, 0.6) is 0 Å². The molecule has 1 aromatic rings.